The maximum absolute atomic E-state index is 13.2. The van der Waals surface area contributed by atoms with Gasteiger partial charge in [0.05, 0.1) is 5.69 Å². The number of nitrogens with two attached hydrogens (primary N) is 1. The Balaban J connectivity index is 1.72. The zero-order valence-electron chi connectivity index (χ0n) is 11.5. The number of nitrogens with zero attached hydrogens (tertiary/aromatic N) is 2. The average molecular weight is 277 g/mol. The Hall–Kier alpha value is -1.62. The van der Waals surface area contributed by atoms with Crippen LogP contribution in [0.2, 0.25) is 0 Å². The molecule has 2 saturated heterocycles. The number of fused-ring (bicyclic) bond motifs is 1. The average Bonchev–Trinajstić information content (AvgIpc) is 2.49. The number of piperazine rings is 1. The first-order chi connectivity index (χ1) is 9.65. The van der Waals surface area contributed by atoms with E-state index in [4.69, 9.17) is 5.73 Å². The molecule has 2 N–H and O–H groups in total. The number of hydrogen-bond acceptors (Lipinski definition) is 3. The SMILES string of the molecule is Nc1cc(C(=O)N2CCN3CCCCC3C2)ccc1F. The zero-order valence-corrected chi connectivity index (χ0v) is 11.5. The summed E-state index contributed by atoms with van der Waals surface area (Å²) in [5.74, 6) is -0.513. The molecule has 0 saturated carbocycles. The minimum absolute atomic E-state index is 0.0344. The summed E-state index contributed by atoms with van der Waals surface area (Å²) < 4.78 is 13.2. The Kier molecular flexibility index (Phi) is 3.61. The number of halogens is 1. The molecule has 1 unspecified atom stereocenters. The summed E-state index contributed by atoms with van der Waals surface area (Å²) in [6.45, 7) is 3.60. The van der Waals surface area contributed by atoms with E-state index in [9.17, 15) is 9.18 Å². The van der Waals surface area contributed by atoms with Crippen molar-refractivity contribution in [2.24, 2.45) is 0 Å². The van der Waals surface area contributed by atoms with Crippen molar-refractivity contribution in [3.63, 3.8) is 0 Å². The van der Waals surface area contributed by atoms with Crippen LogP contribution in [0, 0.1) is 5.82 Å². The monoisotopic (exact) mass is 277 g/mol. The second-order valence-electron chi connectivity index (χ2n) is 5.67. The van der Waals surface area contributed by atoms with Crippen LogP contribution in [0.25, 0.3) is 0 Å². The van der Waals surface area contributed by atoms with E-state index in [1.165, 1.54) is 31.0 Å². The summed E-state index contributed by atoms with van der Waals surface area (Å²) in [4.78, 5) is 16.8. The van der Waals surface area contributed by atoms with E-state index in [0.717, 1.165) is 32.6 Å². The van der Waals surface area contributed by atoms with Gasteiger partial charge in [0.15, 0.2) is 0 Å². The Labute approximate surface area is 118 Å². The minimum Gasteiger partial charge on any atom is -0.396 e. The van der Waals surface area contributed by atoms with Gasteiger partial charge in [-0.25, -0.2) is 4.39 Å². The van der Waals surface area contributed by atoms with Crippen molar-refractivity contribution < 1.29 is 9.18 Å². The van der Waals surface area contributed by atoms with Gasteiger partial charge in [0, 0.05) is 31.2 Å². The molecule has 0 aromatic heterocycles. The molecular formula is C15H20FN3O. The van der Waals surface area contributed by atoms with Gasteiger partial charge in [0.2, 0.25) is 0 Å². The van der Waals surface area contributed by atoms with E-state index < -0.39 is 5.82 Å². The predicted molar refractivity (Wildman–Crippen MR) is 75.9 cm³/mol. The molecule has 20 heavy (non-hydrogen) atoms. The van der Waals surface area contributed by atoms with Crippen LogP contribution < -0.4 is 5.73 Å². The number of nitrogen functional groups attached to an aromatic ring is 1. The molecule has 1 aromatic carbocycles. The maximum atomic E-state index is 13.2. The predicted octanol–water partition coefficient (Wildman–Crippen LogP) is 1.72. The highest BCUT2D eigenvalue weighted by Crippen LogP contribution is 2.22. The lowest BCUT2D eigenvalue weighted by Crippen LogP contribution is -2.56. The fraction of sp³-hybridized carbons (Fsp3) is 0.533. The summed E-state index contributed by atoms with van der Waals surface area (Å²) in [6.07, 6.45) is 3.67. The van der Waals surface area contributed by atoms with Crippen molar-refractivity contribution in [1.82, 2.24) is 9.80 Å². The van der Waals surface area contributed by atoms with Crippen LogP contribution in [-0.4, -0.2) is 47.9 Å². The van der Waals surface area contributed by atoms with E-state index in [2.05, 4.69) is 4.90 Å². The van der Waals surface area contributed by atoms with Crippen molar-refractivity contribution in [3.05, 3.63) is 29.6 Å². The fourth-order valence-electron chi connectivity index (χ4n) is 3.20. The molecule has 0 spiro atoms. The van der Waals surface area contributed by atoms with Crippen LogP contribution in [-0.2, 0) is 0 Å². The summed E-state index contributed by atoms with van der Waals surface area (Å²) >= 11 is 0. The molecule has 0 aliphatic carbocycles. The number of benzene rings is 1. The van der Waals surface area contributed by atoms with Crippen LogP contribution >= 0.6 is 0 Å². The van der Waals surface area contributed by atoms with Gasteiger partial charge >= 0.3 is 0 Å². The van der Waals surface area contributed by atoms with Crippen LogP contribution in [0.4, 0.5) is 10.1 Å². The smallest absolute Gasteiger partial charge is 0.254 e. The third-order valence-corrected chi connectivity index (χ3v) is 4.37. The second kappa shape index (κ2) is 5.40. The Morgan fingerprint density at radius 3 is 2.90 bits per heavy atom. The molecule has 2 heterocycles. The van der Waals surface area contributed by atoms with Gasteiger partial charge in [-0.1, -0.05) is 6.42 Å². The Bertz CT molecular complexity index is 520. The molecule has 1 amide bonds. The number of carbonyl (C=O) groups excluding carboxylic acids is 1. The van der Waals surface area contributed by atoms with Gasteiger partial charge in [-0.15, -0.1) is 0 Å². The van der Waals surface area contributed by atoms with E-state index in [1.54, 1.807) is 0 Å². The van der Waals surface area contributed by atoms with Gasteiger partial charge in [-0.05, 0) is 37.6 Å². The van der Waals surface area contributed by atoms with Crippen molar-refractivity contribution in [2.45, 2.75) is 25.3 Å². The molecule has 108 valence electrons. The Morgan fingerprint density at radius 1 is 1.25 bits per heavy atom. The standard InChI is InChI=1S/C15H20FN3O/c16-13-5-4-11(9-14(13)17)15(20)19-8-7-18-6-2-1-3-12(18)10-19/h4-5,9,12H,1-3,6-8,10,17H2. The number of anilines is 1. The molecule has 0 bridgehead atoms. The third kappa shape index (κ3) is 2.50. The van der Waals surface area contributed by atoms with E-state index in [-0.39, 0.29) is 11.6 Å². The first kappa shape index (κ1) is 13.4. The topological polar surface area (TPSA) is 49.6 Å². The largest absolute Gasteiger partial charge is 0.396 e. The highest BCUT2D eigenvalue weighted by Gasteiger charge is 2.31. The van der Waals surface area contributed by atoms with Crippen molar-refractivity contribution >= 4 is 11.6 Å². The lowest BCUT2D eigenvalue weighted by molar-refractivity contribution is 0.0372. The summed E-state index contributed by atoms with van der Waals surface area (Å²) in [5, 5.41) is 0. The van der Waals surface area contributed by atoms with E-state index in [1.807, 2.05) is 4.90 Å². The molecule has 5 heteroatoms. The highest BCUT2D eigenvalue weighted by molar-refractivity contribution is 5.95. The van der Waals surface area contributed by atoms with Crippen LogP contribution in [0.15, 0.2) is 18.2 Å². The molecule has 2 aliphatic heterocycles. The van der Waals surface area contributed by atoms with Crippen LogP contribution in [0.3, 0.4) is 0 Å². The Morgan fingerprint density at radius 2 is 2.10 bits per heavy atom. The molecule has 0 radical (unpaired) electrons. The second-order valence-corrected chi connectivity index (χ2v) is 5.67. The summed E-state index contributed by atoms with van der Waals surface area (Å²) in [7, 11) is 0. The molecular weight excluding hydrogens is 257 g/mol. The summed E-state index contributed by atoms with van der Waals surface area (Å²) in [5.41, 5.74) is 6.05. The number of amides is 1. The van der Waals surface area contributed by atoms with Gasteiger partial charge in [0.25, 0.3) is 5.91 Å². The molecule has 3 rings (SSSR count). The molecule has 2 fully saturated rings. The lowest BCUT2D eigenvalue weighted by Gasteiger charge is -2.44. The van der Waals surface area contributed by atoms with Crippen molar-refractivity contribution in [2.75, 3.05) is 31.9 Å². The van der Waals surface area contributed by atoms with Crippen molar-refractivity contribution in [3.8, 4) is 0 Å². The van der Waals surface area contributed by atoms with Crippen molar-refractivity contribution in [1.29, 1.82) is 0 Å². The third-order valence-electron chi connectivity index (χ3n) is 4.37. The van der Waals surface area contributed by atoms with Crippen LogP contribution in [0.5, 0.6) is 0 Å². The number of hydrogen-bond donors (Lipinski definition) is 1. The number of rotatable bonds is 1. The van der Waals surface area contributed by atoms with E-state index in [0.29, 0.717) is 11.6 Å². The molecule has 1 aromatic rings. The number of piperidine rings is 1. The van der Waals surface area contributed by atoms with Gasteiger partial charge in [-0.2, -0.15) is 0 Å². The first-order valence-electron chi connectivity index (χ1n) is 7.23. The quantitative estimate of drug-likeness (QED) is 0.795. The minimum atomic E-state index is -0.473. The highest BCUT2D eigenvalue weighted by atomic mass is 19.1. The number of carbonyl (C=O) groups is 1. The zero-order chi connectivity index (χ0) is 14.1. The first-order valence-corrected chi connectivity index (χ1v) is 7.23. The molecule has 4 nitrogen and oxygen atoms in total. The van der Waals surface area contributed by atoms with E-state index >= 15 is 0 Å². The fourth-order valence-corrected chi connectivity index (χ4v) is 3.20. The lowest BCUT2D eigenvalue weighted by atomic mass is 9.99. The summed E-state index contributed by atoms with van der Waals surface area (Å²) in [6, 6.07) is 4.70. The molecule has 1 atom stereocenters. The van der Waals surface area contributed by atoms with Gasteiger partial charge in [-0.3, -0.25) is 9.69 Å². The molecule has 2 aliphatic rings. The van der Waals surface area contributed by atoms with Gasteiger partial charge < -0.3 is 10.6 Å². The maximum Gasteiger partial charge on any atom is 0.254 e. The van der Waals surface area contributed by atoms with Crippen LogP contribution in [0.1, 0.15) is 29.6 Å². The van der Waals surface area contributed by atoms with Gasteiger partial charge in [0.1, 0.15) is 5.82 Å². The normalized spacial score (nSPS) is 23.4.